The average molecular weight is 368 g/mol. The number of halogens is 4. The molecule has 1 rings (SSSR count). The van der Waals surface area contributed by atoms with Crippen molar-refractivity contribution in [3.05, 3.63) is 20.9 Å². The predicted molar refractivity (Wildman–Crippen MR) is 59.7 cm³/mol. The molecule has 1 aromatic heterocycles. The molecule has 0 saturated carbocycles. The van der Waals surface area contributed by atoms with Gasteiger partial charge >= 0.3 is 0 Å². The van der Waals surface area contributed by atoms with Gasteiger partial charge < -0.3 is 0 Å². The summed E-state index contributed by atoms with van der Waals surface area (Å²) in [6, 6.07) is 0. The number of aromatic nitrogens is 1. The molecular formula is C7H5ClF2INO2S. The van der Waals surface area contributed by atoms with Gasteiger partial charge in [-0.25, -0.2) is 22.2 Å². The standard InChI is InChI=1S/C7H5ClF2INO2S/c1-3-4(11)2-12-7(15(8,13)14)5(3)6(9)10/h2,6H,1H3. The Morgan fingerprint density at radius 1 is 1.53 bits per heavy atom. The highest BCUT2D eigenvalue weighted by Crippen LogP contribution is 2.31. The van der Waals surface area contributed by atoms with Crippen LogP contribution in [0.5, 0.6) is 0 Å². The zero-order valence-corrected chi connectivity index (χ0v) is 11.1. The lowest BCUT2D eigenvalue weighted by Gasteiger charge is -2.09. The SMILES string of the molecule is Cc1c(I)cnc(S(=O)(=O)Cl)c1C(F)F. The number of pyridine rings is 1. The quantitative estimate of drug-likeness (QED) is 0.596. The van der Waals surface area contributed by atoms with Crippen LogP contribution in [0.15, 0.2) is 11.2 Å². The van der Waals surface area contributed by atoms with Crippen molar-refractivity contribution in [2.24, 2.45) is 0 Å². The first-order valence-electron chi connectivity index (χ1n) is 3.63. The maximum Gasteiger partial charge on any atom is 0.279 e. The summed E-state index contributed by atoms with van der Waals surface area (Å²) in [7, 11) is 0.766. The second-order valence-corrected chi connectivity index (χ2v) is 6.33. The monoisotopic (exact) mass is 367 g/mol. The summed E-state index contributed by atoms with van der Waals surface area (Å²) in [4.78, 5) is 3.42. The Kier molecular flexibility index (Phi) is 3.88. The van der Waals surface area contributed by atoms with E-state index in [1.165, 1.54) is 13.1 Å². The minimum Gasteiger partial charge on any atom is -0.242 e. The van der Waals surface area contributed by atoms with Crippen LogP contribution in [0.1, 0.15) is 17.6 Å². The molecule has 1 aromatic rings. The van der Waals surface area contributed by atoms with E-state index in [-0.39, 0.29) is 5.56 Å². The molecular weight excluding hydrogens is 363 g/mol. The first kappa shape index (κ1) is 13.0. The fourth-order valence-electron chi connectivity index (χ4n) is 1.02. The summed E-state index contributed by atoms with van der Waals surface area (Å²) in [6.07, 6.45) is -1.73. The Bertz CT molecular complexity index is 492. The maximum absolute atomic E-state index is 12.6. The molecule has 0 aliphatic carbocycles. The number of hydrogen-bond acceptors (Lipinski definition) is 3. The highest BCUT2D eigenvalue weighted by Gasteiger charge is 2.26. The number of hydrogen-bond donors (Lipinski definition) is 0. The van der Waals surface area contributed by atoms with Gasteiger partial charge in [0.05, 0.1) is 5.56 Å². The van der Waals surface area contributed by atoms with Crippen molar-refractivity contribution in [3.8, 4) is 0 Å². The van der Waals surface area contributed by atoms with Crippen molar-refractivity contribution in [1.82, 2.24) is 4.98 Å². The molecule has 0 aliphatic heterocycles. The molecule has 0 spiro atoms. The van der Waals surface area contributed by atoms with Gasteiger partial charge in [-0.1, -0.05) is 0 Å². The Hall–Kier alpha value is -0.0200. The van der Waals surface area contributed by atoms with Gasteiger partial charge in [-0.2, -0.15) is 0 Å². The zero-order valence-electron chi connectivity index (χ0n) is 7.34. The van der Waals surface area contributed by atoms with E-state index in [0.717, 1.165) is 0 Å². The lowest BCUT2D eigenvalue weighted by molar-refractivity contribution is 0.146. The van der Waals surface area contributed by atoms with Gasteiger partial charge in [-0.15, -0.1) is 0 Å². The van der Waals surface area contributed by atoms with Crippen molar-refractivity contribution in [2.45, 2.75) is 18.4 Å². The van der Waals surface area contributed by atoms with Gasteiger partial charge in [0.2, 0.25) is 0 Å². The number of alkyl halides is 2. The lowest BCUT2D eigenvalue weighted by Crippen LogP contribution is -2.06. The van der Waals surface area contributed by atoms with Crippen LogP contribution in [0, 0.1) is 10.5 Å². The molecule has 8 heteroatoms. The van der Waals surface area contributed by atoms with E-state index in [1.807, 2.05) is 0 Å². The van der Waals surface area contributed by atoms with Crippen molar-refractivity contribution in [3.63, 3.8) is 0 Å². The summed E-state index contributed by atoms with van der Waals surface area (Å²) in [5.74, 6) is 0. The molecule has 3 nitrogen and oxygen atoms in total. The summed E-state index contributed by atoms with van der Waals surface area (Å²) < 4.78 is 47.7. The molecule has 0 atom stereocenters. The van der Waals surface area contributed by atoms with E-state index in [9.17, 15) is 17.2 Å². The van der Waals surface area contributed by atoms with Gasteiger partial charge in [-0.3, -0.25) is 0 Å². The summed E-state index contributed by atoms with van der Waals surface area (Å²) in [5.41, 5.74) is -0.447. The van der Waals surface area contributed by atoms with Crippen LogP contribution in [0.4, 0.5) is 8.78 Å². The molecule has 0 saturated heterocycles. The van der Waals surface area contributed by atoms with E-state index < -0.39 is 26.1 Å². The molecule has 0 fully saturated rings. The van der Waals surface area contributed by atoms with Crippen LogP contribution in [0.2, 0.25) is 0 Å². The van der Waals surface area contributed by atoms with Gasteiger partial charge in [0.15, 0.2) is 5.03 Å². The lowest BCUT2D eigenvalue weighted by atomic mass is 10.2. The first-order chi connectivity index (χ1) is 6.75. The minimum absolute atomic E-state index is 0.180. The molecule has 15 heavy (non-hydrogen) atoms. The number of rotatable bonds is 2. The van der Waals surface area contributed by atoms with Gasteiger partial charge in [0, 0.05) is 20.4 Å². The predicted octanol–water partition coefficient (Wildman–Crippen LogP) is 2.86. The second-order valence-electron chi connectivity index (χ2n) is 2.69. The van der Waals surface area contributed by atoms with Crippen LogP contribution in [-0.2, 0) is 9.05 Å². The molecule has 0 unspecified atom stereocenters. The normalized spacial score (nSPS) is 12.1. The largest absolute Gasteiger partial charge is 0.279 e. The fourth-order valence-corrected chi connectivity index (χ4v) is 2.50. The van der Waals surface area contributed by atoms with Crippen LogP contribution in [-0.4, -0.2) is 13.4 Å². The molecule has 0 amide bonds. The van der Waals surface area contributed by atoms with Crippen molar-refractivity contribution >= 4 is 42.3 Å². The molecule has 0 bridgehead atoms. The topological polar surface area (TPSA) is 47.0 Å². The Morgan fingerprint density at radius 3 is 2.47 bits per heavy atom. The Balaban J connectivity index is 3.62. The maximum atomic E-state index is 12.6. The van der Waals surface area contributed by atoms with E-state index in [4.69, 9.17) is 10.7 Å². The summed E-state index contributed by atoms with van der Waals surface area (Å²) >= 11 is 1.79. The third kappa shape index (κ3) is 2.76. The van der Waals surface area contributed by atoms with Crippen molar-refractivity contribution in [1.29, 1.82) is 0 Å². The van der Waals surface area contributed by atoms with Gasteiger partial charge in [0.25, 0.3) is 15.5 Å². The highest BCUT2D eigenvalue weighted by molar-refractivity contribution is 14.1. The first-order valence-corrected chi connectivity index (χ1v) is 7.01. The van der Waals surface area contributed by atoms with Crippen molar-refractivity contribution in [2.75, 3.05) is 0 Å². The van der Waals surface area contributed by atoms with Gasteiger partial charge in [-0.05, 0) is 35.1 Å². The fraction of sp³-hybridized carbons (Fsp3) is 0.286. The van der Waals surface area contributed by atoms with Crippen LogP contribution >= 0.6 is 33.3 Å². The zero-order chi connectivity index (χ0) is 11.8. The van der Waals surface area contributed by atoms with E-state index >= 15 is 0 Å². The second kappa shape index (κ2) is 4.46. The highest BCUT2D eigenvalue weighted by atomic mass is 127. The number of nitrogens with zero attached hydrogens (tertiary/aromatic N) is 1. The van der Waals surface area contributed by atoms with Crippen LogP contribution < -0.4 is 0 Å². The smallest absolute Gasteiger partial charge is 0.242 e. The molecule has 0 N–H and O–H groups in total. The molecule has 0 aliphatic rings. The summed E-state index contributed by atoms with van der Waals surface area (Å²) in [6.45, 7) is 1.40. The van der Waals surface area contributed by atoms with E-state index in [0.29, 0.717) is 3.57 Å². The molecule has 84 valence electrons. The molecule has 0 aromatic carbocycles. The van der Waals surface area contributed by atoms with Crippen molar-refractivity contribution < 1.29 is 17.2 Å². The van der Waals surface area contributed by atoms with Crippen LogP contribution in [0.3, 0.4) is 0 Å². The van der Waals surface area contributed by atoms with E-state index in [2.05, 4.69) is 4.98 Å². The third-order valence-electron chi connectivity index (χ3n) is 1.74. The van der Waals surface area contributed by atoms with Crippen LogP contribution in [0.25, 0.3) is 0 Å². The average Bonchev–Trinajstić information content (AvgIpc) is 2.06. The Labute approximate surface area is 103 Å². The van der Waals surface area contributed by atoms with Gasteiger partial charge in [0.1, 0.15) is 0 Å². The summed E-state index contributed by atoms with van der Waals surface area (Å²) in [5, 5.41) is -0.767. The Morgan fingerprint density at radius 2 is 2.07 bits per heavy atom. The minimum atomic E-state index is -4.24. The molecule has 1 heterocycles. The van der Waals surface area contributed by atoms with E-state index in [1.54, 1.807) is 22.6 Å². The molecule has 0 radical (unpaired) electrons. The third-order valence-corrected chi connectivity index (χ3v) is 4.05.